The van der Waals surface area contributed by atoms with E-state index < -0.39 is 17.2 Å². The van der Waals surface area contributed by atoms with Crippen molar-refractivity contribution in [3.05, 3.63) is 5.21 Å². The van der Waals surface area contributed by atoms with Crippen LogP contribution in [0.3, 0.4) is 0 Å². The Balaban J connectivity index is 3.47. The second kappa shape index (κ2) is 14.9. The summed E-state index contributed by atoms with van der Waals surface area (Å²) in [5, 5.41) is 11.7. The molecule has 0 radical (unpaired) electrons. The average molecular weight is 362 g/mol. The van der Waals surface area contributed by atoms with Crippen LogP contribution in [-0.2, 0) is 14.2 Å². The average Bonchev–Trinajstić information content (AvgIpc) is 2.51. The van der Waals surface area contributed by atoms with E-state index in [9.17, 15) is 5.21 Å². The molecule has 0 aliphatic heterocycles. The van der Waals surface area contributed by atoms with Crippen LogP contribution in [-0.4, -0.2) is 44.2 Å². The third kappa shape index (κ3) is 15.7. The Labute approximate surface area is 156 Å². The van der Waals surface area contributed by atoms with E-state index in [0.717, 1.165) is 6.42 Å². The van der Waals surface area contributed by atoms with Crippen LogP contribution in [0, 0.1) is 5.21 Å². The molecule has 3 unspecified atom stereocenters. The van der Waals surface area contributed by atoms with E-state index in [1.165, 1.54) is 57.8 Å². The number of hydrogen-bond donors (Lipinski definition) is 0. The Morgan fingerprint density at radius 1 is 0.720 bits per heavy atom. The summed E-state index contributed by atoms with van der Waals surface area (Å²) in [6, 6.07) is 0. The first-order valence-electron chi connectivity index (χ1n) is 10.2. The van der Waals surface area contributed by atoms with Crippen LogP contribution in [0.2, 0.25) is 0 Å². The Hall–Kier alpha value is -0.200. The quantitative estimate of drug-likeness (QED) is 0.147. The fourth-order valence-corrected chi connectivity index (χ4v) is 2.60. The highest BCUT2D eigenvalue weighted by molar-refractivity contribution is 4.48. The fraction of sp³-hybridized carbons (Fsp3) is 1.00. The molecule has 0 aromatic heterocycles. The number of unbranched alkanes of at least 4 members (excludes halogenated alkanes) is 9. The minimum absolute atomic E-state index is 0.317. The van der Waals surface area contributed by atoms with Crippen LogP contribution >= 0.6 is 0 Å². The van der Waals surface area contributed by atoms with Crippen LogP contribution in [0.25, 0.3) is 0 Å². The van der Waals surface area contributed by atoms with Gasteiger partial charge in [0.05, 0.1) is 14.1 Å². The molecular formula is C20H43NO4. The lowest BCUT2D eigenvalue weighted by Crippen LogP contribution is -2.45. The molecule has 0 N–H and O–H groups in total. The third-order valence-corrected chi connectivity index (χ3v) is 4.50. The molecule has 25 heavy (non-hydrogen) atoms. The number of hydrogen-bond acceptors (Lipinski definition) is 4. The van der Waals surface area contributed by atoms with Crippen LogP contribution in [0.15, 0.2) is 0 Å². The van der Waals surface area contributed by atoms with Gasteiger partial charge in [-0.15, -0.1) is 0 Å². The molecular weight excluding hydrogens is 318 g/mol. The van der Waals surface area contributed by atoms with Gasteiger partial charge in [0.25, 0.3) is 0 Å². The molecule has 0 aromatic rings. The predicted octanol–water partition coefficient (Wildman–Crippen LogP) is 5.57. The van der Waals surface area contributed by atoms with E-state index in [2.05, 4.69) is 6.92 Å². The number of hydroxylamine groups is 3. The molecule has 0 aromatic carbocycles. The summed E-state index contributed by atoms with van der Waals surface area (Å²) in [5.74, 6) is 0. The van der Waals surface area contributed by atoms with Crippen molar-refractivity contribution in [2.45, 2.75) is 111 Å². The molecule has 5 heteroatoms. The van der Waals surface area contributed by atoms with Crippen molar-refractivity contribution >= 4 is 0 Å². The summed E-state index contributed by atoms with van der Waals surface area (Å²) in [6.45, 7) is 8.39. The maximum Gasteiger partial charge on any atom is 0.192 e. The molecule has 0 saturated carbocycles. The SMILES string of the molecule is CCCCCCCCCCCCOC(C)OC(C)OC(C)[N+](C)(C)[O-]. The van der Waals surface area contributed by atoms with Gasteiger partial charge in [-0.3, -0.25) is 0 Å². The van der Waals surface area contributed by atoms with Gasteiger partial charge in [0.2, 0.25) is 0 Å². The first-order chi connectivity index (χ1) is 11.8. The van der Waals surface area contributed by atoms with Crippen molar-refractivity contribution in [2.75, 3.05) is 20.7 Å². The molecule has 0 rings (SSSR count). The van der Waals surface area contributed by atoms with Gasteiger partial charge in [-0.1, -0.05) is 64.7 Å². The van der Waals surface area contributed by atoms with Gasteiger partial charge in [0.1, 0.15) is 0 Å². The number of rotatable bonds is 17. The summed E-state index contributed by atoms with van der Waals surface area (Å²) in [4.78, 5) is 0. The van der Waals surface area contributed by atoms with Crippen LogP contribution in [0.1, 0.15) is 91.9 Å². The monoisotopic (exact) mass is 361 g/mol. The van der Waals surface area contributed by atoms with Crippen molar-refractivity contribution in [3.8, 4) is 0 Å². The minimum atomic E-state index is -0.498. The molecule has 0 saturated heterocycles. The van der Waals surface area contributed by atoms with Crippen LogP contribution < -0.4 is 0 Å². The summed E-state index contributed by atoms with van der Waals surface area (Å²) in [6.07, 6.45) is 11.9. The molecule has 0 heterocycles. The maximum atomic E-state index is 11.7. The zero-order chi connectivity index (χ0) is 19.1. The Bertz CT molecular complexity index is 294. The first-order valence-corrected chi connectivity index (χ1v) is 10.2. The van der Waals surface area contributed by atoms with Crippen molar-refractivity contribution in [2.24, 2.45) is 0 Å². The normalized spacial score (nSPS) is 16.0. The first kappa shape index (κ1) is 24.8. The number of ether oxygens (including phenoxy) is 3. The summed E-state index contributed by atoms with van der Waals surface area (Å²) < 4.78 is 16.3. The fourth-order valence-electron chi connectivity index (χ4n) is 2.60. The lowest BCUT2D eigenvalue weighted by Gasteiger charge is -2.40. The summed E-state index contributed by atoms with van der Waals surface area (Å²) in [5.41, 5.74) is 0. The van der Waals surface area contributed by atoms with Gasteiger partial charge in [0.15, 0.2) is 18.8 Å². The zero-order valence-corrected chi connectivity index (χ0v) is 17.6. The smallest absolute Gasteiger partial charge is 0.192 e. The molecule has 0 fully saturated rings. The number of nitrogens with zero attached hydrogens (tertiary/aromatic N) is 1. The van der Waals surface area contributed by atoms with Gasteiger partial charge in [0, 0.05) is 13.5 Å². The molecule has 3 atom stereocenters. The maximum absolute atomic E-state index is 11.7. The topological polar surface area (TPSA) is 50.8 Å². The number of quaternary nitrogens is 1. The van der Waals surface area contributed by atoms with Gasteiger partial charge >= 0.3 is 0 Å². The highest BCUT2D eigenvalue weighted by Crippen LogP contribution is 2.12. The van der Waals surface area contributed by atoms with Gasteiger partial charge in [-0.05, 0) is 20.3 Å². The minimum Gasteiger partial charge on any atom is -0.631 e. The van der Waals surface area contributed by atoms with E-state index in [-0.39, 0.29) is 6.29 Å². The van der Waals surface area contributed by atoms with Crippen molar-refractivity contribution in [1.82, 2.24) is 0 Å². The summed E-state index contributed by atoms with van der Waals surface area (Å²) in [7, 11) is 3.12. The van der Waals surface area contributed by atoms with Gasteiger partial charge in [-0.25, -0.2) is 0 Å². The van der Waals surface area contributed by atoms with Crippen molar-refractivity contribution in [3.63, 3.8) is 0 Å². The molecule has 152 valence electrons. The molecule has 0 aliphatic carbocycles. The molecule has 0 spiro atoms. The summed E-state index contributed by atoms with van der Waals surface area (Å²) >= 11 is 0. The van der Waals surface area contributed by atoms with E-state index in [0.29, 0.717) is 6.61 Å². The van der Waals surface area contributed by atoms with Crippen LogP contribution in [0.4, 0.5) is 0 Å². The van der Waals surface area contributed by atoms with Crippen molar-refractivity contribution < 1.29 is 18.9 Å². The second-order valence-corrected chi connectivity index (χ2v) is 7.49. The highest BCUT2D eigenvalue weighted by Gasteiger charge is 2.19. The highest BCUT2D eigenvalue weighted by atomic mass is 16.8. The van der Waals surface area contributed by atoms with E-state index in [4.69, 9.17) is 14.2 Å². The lowest BCUT2D eigenvalue weighted by molar-refractivity contribution is -0.892. The van der Waals surface area contributed by atoms with E-state index in [1.807, 2.05) is 6.92 Å². The molecule has 5 nitrogen and oxygen atoms in total. The van der Waals surface area contributed by atoms with Crippen molar-refractivity contribution in [1.29, 1.82) is 0 Å². The Morgan fingerprint density at radius 2 is 1.20 bits per heavy atom. The Morgan fingerprint density at radius 3 is 1.68 bits per heavy atom. The lowest BCUT2D eigenvalue weighted by atomic mass is 10.1. The van der Waals surface area contributed by atoms with Gasteiger partial charge < -0.3 is 24.1 Å². The largest absolute Gasteiger partial charge is 0.631 e. The Kier molecular flexibility index (Phi) is 14.8. The molecule has 0 bridgehead atoms. The predicted molar refractivity (Wildman–Crippen MR) is 104 cm³/mol. The van der Waals surface area contributed by atoms with E-state index >= 15 is 0 Å². The van der Waals surface area contributed by atoms with Gasteiger partial charge in [-0.2, -0.15) is 0 Å². The second-order valence-electron chi connectivity index (χ2n) is 7.49. The zero-order valence-electron chi connectivity index (χ0n) is 17.6. The van der Waals surface area contributed by atoms with Crippen LogP contribution in [0.5, 0.6) is 0 Å². The molecule has 0 amide bonds. The van der Waals surface area contributed by atoms with E-state index in [1.54, 1.807) is 27.9 Å². The standard InChI is InChI=1S/C20H43NO4/c1-7-8-9-10-11-12-13-14-15-16-17-23-19(3)25-20(4)24-18(2)21(5,6)22/h18-20H,7-17H2,1-6H3. The molecule has 0 aliphatic rings. The third-order valence-electron chi connectivity index (χ3n) is 4.50.